The third kappa shape index (κ3) is 12.6. The van der Waals surface area contributed by atoms with Crippen LogP contribution in [0.5, 0.6) is 0 Å². The first-order valence-electron chi connectivity index (χ1n) is 33.6. The van der Waals surface area contributed by atoms with Gasteiger partial charge in [-0.2, -0.15) is 0 Å². The second-order valence-electron chi connectivity index (χ2n) is 29.5. The molecule has 42 atom stereocenters. The Hall–Kier alpha value is -1.24. The lowest BCUT2D eigenvalue weighted by Gasteiger charge is -2.62. The number of aliphatic hydroxyl groups is 17. The molecule has 0 aromatic heterocycles. The van der Waals surface area contributed by atoms with Gasteiger partial charge in [-0.25, -0.2) is 0 Å². The summed E-state index contributed by atoms with van der Waals surface area (Å²) in [5.74, 6) is 1.43. The summed E-state index contributed by atoms with van der Waals surface area (Å²) in [6, 6.07) is 0. The van der Waals surface area contributed by atoms with Gasteiger partial charge in [0.05, 0.1) is 63.6 Å². The first-order valence-corrected chi connectivity index (χ1v) is 33.6. The molecule has 12 rings (SSSR count). The molecule has 4 saturated carbocycles. The van der Waals surface area contributed by atoms with Crippen LogP contribution in [0.1, 0.15) is 99.3 Å². The summed E-state index contributed by atoms with van der Waals surface area (Å²) in [6.07, 6.45) is -45.0. The molecule has 0 bridgehead atoms. The molecule has 8 aliphatic heterocycles. The summed E-state index contributed by atoms with van der Waals surface area (Å²) in [4.78, 5) is 0. The third-order valence-electron chi connectivity index (χ3n) is 24.3. The highest BCUT2D eigenvalue weighted by molar-refractivity contribution is 5.18. The van der Waals surface area contributed by atoms with Crippen LogP contribution in [0.25, 0.3) is 0 Å². The Morgan fingerprint density at radius 3 is 1.59 bits per heavy atom. The van der Waals surface area contributed by atoms with E-state index < -0.39 is 223 Å². The molecule has 12 aliphatic rings. The second-order valence-corrected chi connectivity index (χ2v) is 29.5. The minimum Gasteiger partial charge on any atom is -0.394 e. The Bertz CT molecular complexity index is 2470. The van der Waals surface area contributed by atoms with Crippen molar-refractivity contribution in [1.29, 1.82) is 0 Å². The van der Waals surface area contributed by atoms with Gasteiger partial charge < -0.3 is 153 Å². The molecule has 0 aromatic rings. The fourth-order valence-electron chi connectivity index (χ4n) is 18.7. The van der Waals surface area contributed by atoms with Gasteiger partial charge in [0.25, 0.3) is 0 Å². The maximum absolute atomic E-state index is 12.4. The highest BCUT2D eigenvalue weighted by Gasteiger charge is 2.72. The van der Waals surface area contributed by atoms with Crippen LogP contribution in [0.15, 0.2) is 0 Å². The van der Waals surface area contributed by atoms with E-state index in [1.807, 2.05) is 0 Å². The molecule has 7 unspecified atom stereocenters. The Labute approximate surface area is 538 Å². The smallest absolute Gasteiger partial charge is 0.187 e. The first-order chi connectivity index (χ1) is 44.1. The van der Waals surface area contributed by atoms with E-state index in [1.54, 1.807) is 0 Å². The summed E-state index contributed by atoms with van der Waals surface area (Å²) < 4.78 is 85.2. The summed E-state index contributed by atoms with van der Waals surface area (Å²) in [5, 5.41) is 189. The van der Waals surface area contributed by atoms with Crippen LogP contribution in [-0.4, -0.2) is 322 Å². The SMILES string of the molecule is C[C@@H]1CC[C@@]2(OC1)OC1CC3C4CC[C@H]5C[C@@H](OC6O[C@H](CO)[C@H](OC7O[C@H](CO)[C@@H](O[C@@H]8O[C@H](CO)[C@@H](O)[C@H](O[C@@H]9OC[C@@H](O)[C@H](O)[C@H]9O)[C@H]8O[C@@H]8O[C@@H](C)[C@H](O[C@@H]9O[C@@H](C)[C@H](O)[C@@H](O)[C@H]9O)[C@@H](O)[C@H]8O)[C@H](O)[C@H]7O)[C@H](O)[C@H]6O)CC[C@]5(C)C4C[C@@H](O)[C@]3(C)C1[C@@H]2C. The largest absolute Gasteiger partial charge is 0.394 e. The maximum Gasteiger partial charge on any atom is 0.187 e. The van der Waals surface area contributed by atoms with Gasteiger partial charge in [0, 0.05) is 23.7 Å². The first kappa shape index (κ1) is 71.6. The van der Waals surface area contributed by atoms with E-state index >= 15 is 0 Å². The second kappa shape index (κ2) is 27.9. The van der Waals surface area contributed by atoms with Gasteiger partial charge in [-0.3, -0.25) is 0 Å². The van der Waals surface area contributed by atoms with Crippen molar-refractivity contribution >= 4 is 0 Å². The average molecular weight is 1340 g/mol. The van der Waals surface area contributed by atoms with E-state index in [1.165, 1.54) is 13.8 Å². The van der Waals surface area contributed by atoms with Crippen LogP contribution in [0, 0.1) is 52.3 Å². The molecule has 4 aliphatic carbocycles. The fourth-order valence-corrected chi connectivity index (χ4v) is 18.7. The van der Waals surface area contributed by atoms with Crippen LogP contribution in [0.2, 0.25) is 0 Å². The van der Waals surface area contributed by atoms with Gasteiger partial charge in [0.15, 0.2) is 43.5 Å². The van der Waals surface area contributed by atoms with Crippen molar-refractivity contribution in [2.45, 2.75) is 302 Å². The standard InChI is InChI=1S/C62H102O31/c1-21-9-12-62(81-19-21)22(2)36-31(93-62)14-29-27-8-7-25-13-26(10-11-60(25,5)28(27)15-35(67)61(29,36)6)84-57-47(78)42(73)50(33(17-64)86-57)89-58-48(79)43(74)51(34(18-65)87-58)90-59-53(52(39(70)32(16-63)85-59)91-54-44(75)38(69)30(66)20-80-54)92-56-46(77)41(72)49(24(4)83-56)88-55-45(76)40(71)37(68)23(3)82-55/h21-59,63-79H,7-20H2,1-6H3/t21-,22+,23+,24+,25+,26+,27?,28?,29?,30-,31?,32-,33-,34-,35-,36?,37+,38+,39-,40-,41+,42-,43-,44-,45-,46-,47-,48-,49+,50+,51-,52+,53-,54+,55+,56+,57?,58?,59+,60+,61-,62-/m1/s1. The minimum atomic E-state index is -2.15. The lowest BCUT2D eigenvalue weighted by atomic mass is 9.43. The Morgan fingerprint density at radius 2 is 0.968 bits per heavy atom. The molecule has 93 heavy (non-hydrogen) atoms. The molecule has 17 N–H and O–H groups in total. The molecular weight excluding hydrogens is 1240 g/mol. The zero-order chi connectivity index (χ0) is 66.8. The number of rotatable bonds is 15. The van der Waals surface area contributed by atoms with Gasteiger partial charge in [0.1, 0.15) is 128 Å². The van der Waals surface area contributed by atoms with E-state index in [9.17, 15) is 86.8 Å². The summed E-state index contributed by atoms with van der Waals surface area (Å²) >= 11 is 0. The number of hydrogen-bond acceptors (Lipinski definition) is 31. The lowest BCUT2D eigenvalue weighted by Crippen LogP contribution is -2.69. The number of ether oxygens (including phenoxy) is 14. The van der Waals surface area contributed by atoms with E-state index in [-0.39, 0.29) is 40.6 Å². The molecular formula is C62H102O31. The zero-order valence-electron chi connectivity index (χ0n) is 53.2. The lowest BCUT2D eigenvalue weighted by molar-refractivity contribution is -0.409. The van der Waals surface area contributed by atoms with E-state index in [4.69, 9.17) is 66.3 Å². The van der Waals surface area contributed by atoms with Crippen molar-refractivity contribution in [3.05, 3.63) is 0 Å². The maximum atomic E-state index is 12.4. The molecule has 536 valence electrons. The van der Waals surface area contributed by atoms with Crippen LogP contribution >= 0.6 is 0 Å². The topological polar surface area (TPSA) is 473 Å². The molecule has 31 nitrogen and oxygen atoms in total. The predicted molar refractivity (Wildman–Crippen MR) is 306 cm³/mol. The van der Waals surface area contributed by atoms with Gasteiger partial charge in [-0.15, -0.1) is 0 Å². The Kier molecular flexibility index (Phi) is 21.5. The van der Waals surface area contributed by atoms with Crippen LogP contribution in [0.3, 0.4) is 0 Å². The van der Waals surface area contributed by atoms with Crippen LogP contribution in [-0.2, 0) is 66.3 Å². The number of fused-ring (bicyclic) bond motifs is 7. The van der Waals surface area contributed by atoms with Gasteiger partial charge in [0.2, 0.25) is 0 Å². The summed E-state index contributed by atoms with van der Waals surface area (Å²) in [6.45, 7) is 9.16. The molecule has 8 saturated heterocycles. The van der Waals surface area contributed by atoms with Gasteiger partial charge in [-0.05, 0) is 100 Å². The number of aliphatic hydroxyl groups excluding tert-OH is 17. The fraction of sp³-hybridized carbons (Fsp3) is 1.00. The van der Waals surface area contributed by atoms with Gasteiger partial charge in [-0.1, -0.05) is 27.7 Å². The van der Waals surface area contributed by atoms with Crippen molar-refractivity contribution in [3.8, 4) is 0 Å². The molecule has 12 fully saturated rings. The monoisotopic (exact) mass is 1340 g/mol. The molecule has 0 amide bonds. The molecule has 31 heteroatoms. The van der Waals surface area contributed by atoms with Crippen LogP contribution < -0.4 is 0 Å². The Morgan fingerprint density at radius 1 is 0.430 bits per heavy atom. The molecule has 1 spiro atoms. The molecule has 0 aromatic carbocycles. The van der Waals surface area contributed by atoms with Crippen molar-refractivity contribution in [3.63, 3.8) is 0 Å². The quantitative estimate of drug-likeness (QED) is 0.0680. The van der Waals surface area contributed by atoms with Crippen molar-refractivity contribution < 1.29 is 153 Å². The van der Waals surface area contributed by atoms with E-state index in [0.29, 0.717) is 43.6 Å². The number of hydrogen-bond donors (Lipinski definition) is 17. The van der Waals surface area contributed by atoms with Gasteiger partial charge >= 0.3 is 0 Å². The highest BCUT2D eigenvalue weighted by Crippen LogP contribution is 2.71. The average Bonchev–Trinajstić information content (AvgIpc) is 1.55. The van der Waals surface area contributed by atoms with Crippen molar-refractivity contribution in [2.75, 3.05) is 33.0 Å². The predicted octanol–water partition coefficient (Wildman–Crippen LogP) is -5.60. The zero-order valence-corrected chi connectivity index (χ0v) is 53.2. The highest BCUT2D eigenvalue weighted by atomic mass is 16.8. The minimum absolute atomic E-state index is 0.0301. The van der Waals surface area contributed by atoms with Crippen molar-refractivity contribution in [1.82, 2.24) is 0 Å². The molecule has 8 heterocycles. The van der Waals surface area contributed by atoms with Crippen molar-refractivity contribution in [2.24, 2.45) is 52.3 Å². The van der Waals surface area contributed by atoms with E-state index in [0.717, 1.165) is 38.5 Å². The molecule has 0 radical (unpaired) electrons. The summed E-state index contributed by atoms with van der Waals surface area (Å²) in [5.41, 5.74) is -0.416. The van der Waals surface area contributed by atoms with E-state index in [2.05, 4.69) is 27.7 Å². The van der Waals surface area contributed by atoms with Crippen LogP contribution in [0.4, 0.5) is 0 Å². The normalized spacial score (nSPS) is 58.3. The Balaban J connectivity index is 0.697. The summed E-state index contributed by atoms with van der Waals surface area (Å²) in [7, 11) is 0. The third-order valence-corrected chi connectivity index (χ3v) is 24.3.